The molecular weight excluding hydrogens is 479 g/mol. The summed E-state index contributed by atoms with van der Waals surface area (Å²) >= 11 is 12.9. The van der Waals surface area contributed by atoms with Crippen molar-refractivity contribution < 1.29 is 24.2 Å². The number of carboxylic acid groups (broad SMARTS) is 2. The van der Waals surface area contributed by atoms with Crippen LogP contribution in [0.25, 0.3) is 33.4 Å². The van der Waals surface area contributed by atoms with Gasteiger partial charge >= 0.3 is 11.9 Å². The molecule has 0 spiro atoms. The minimum atomic E-state index is -1.40. The molecule has 174 valence electrons. The first kappa shape index (κ1) is 23.6. The summed E-state index contributed by atoms with van der Waals surface area (Å²) in [6.07, 6.45) is 0. The normalized spacial score (nSPS) is 11.9. The summed E-state index contributed by atoms with van der Waals surface area (Å²) in [5.74, 6) is -2.31. The van der Waals surface area contributed by atoms with E-state index in [1.165, 1.54) is 6.07 Å². The Morgan fingerprint density at radius 1 is 0.971 bits per heavy atom. The first-order chi connectivity index (χ1) is 16.1. The molecule has 0 aromatic heterocycles. The molecule has 0 saturated carbocycles. The summed E-state index contributed by atoms with van der Waals surface area (Å²) in [7, 11) is 3.46. The zero-order valence-electron chi connectivity index (χ0n) is 18.7. The zero-order chi connectivity index (χ0) is 24.9. The molecule has 0 fully saturated rings. The Kier molecular flexibility index (Phi) is 6.02. The predicted octanol–water partition coefficient (Wildman–Crippen LogP) is 6.10. The van der Waals surface area contributed by atoms with Gasteiger partial charge in [0.1, 0.15) is 11.3 Å². The second-order valence-corrected chi connectivity index (χ2v) is 8.61. The van der Waals surface area contributed by atoms with E-state index in [1.54, 1.807) is 20.2 Å². The van der Waals surface area contributed by atoms with Gasteiger partial charge in [-0.3, -0.25) is 4.99 Å². The van der Waals surface area contributed by atoms with Gasteiger partial charge in [0.25, 0.3) is 0 Å². The molecule has 2 aliphatic rings. The molecule has 4 rings (SSSR count). The highest BCUT2D eigenvalue weighted by Gasteiger charge is 2.29. The molecule has 0 radical (unpaired) electrons. The largest absolute Gasteiger partial charge is 0.478 e. The van der Waals surface area contributed by atoms with Gasteiger partial charge in [0, 0.05) is 54.0 Å². The highest BCUT2D eigenvalue weighted by Crippen LogP contribution is 2.47. The first-order valence-corrected chi connectivity index (χ1v) is 11.0. The van der Waals surface area contributed by atoms with Crippen LogP contribution in [0.2, 0.25) is 10.0 Å². The van der Waals surface area contributed by atoms with Crippen molar-refractivity contribution in [3.63, 3.8) is 0 Å². The van der Waals surface area contributed by atoms with Crippen LogP contribution in [-0.4, -0.2) is 36.2 Å². The van der Waals surface area contributed by atoms with Crippen LogP contribution in [0.4, 0.5) is 5.69 Å². The van der Waals surface area contributed by atoms with Crippen LogP contribution in [0.5, 0.6) is 0 Å². The molecule has 3 N–H and O–H groups in total. The third kappa shape index (κ3) is 3.67. The maximum Gasteiger partial charge on any atom is 0.337 e. The Balaban J connectivity index is 2.31. The summed E-state index contributed by atoms with van der Waals surface area (Å²) in [5, 5.41) is 23.6. The van der Waals surface area contributed by atoms with E-state index in [-0.39, 0.29) is 16.1 Å². The summed E-state index contributed by atoms with van der Waals surface area (Å²) in [6.45, 7) is 3.79. The SMILES string of the molecule is CN=c1cc2oc3cc(NC)c(C)cc3c(-c3c(Cl)cc(C(=O)O)c(Cl)c3C(=O)O)c-2cc1C. The van der Waals surface area contributed by atoms with Gasteiger partial charge in [-0.2, -0.15) is 0 Å². The second kappa shape index (κ2) is 8.66. The number of halogens is 2. The summed E-state index contributed by atoms with van der Waals surface area (Å²) in [5.41, 5.74) is 3.46. The number of aromatic carboxylic acids is 2. The van der Waals surface area contributed by atoms with E-state index in [0.717, 1.165) is 16.8 Å². The minimum Gasteiger partial charge on any atom is -0.478 e. The molecule has 7 nitrogen and oxygen atoms in total. The Labute approximate surface area is 204 Å². The second-order valence-electron chi connectivity index (χ2n) is 7.83. The zero-order valence-corrected chi connectivity index (χ0v) is 20.2. The molecule has 0 atom stereocenters. The van der Waals surface area contributed by atoms with Crippen LogP contribution in [0.3, 0.4) is 0 Å². The van der Waals surface area contributed by atoms with E-state index < -0.39 is 22.5 Å². The Morgan fingerprint density at radius 3 is 2.26 bits per heavy atom. The number of nitrogens with zero attached hydrogens (tertiary/aromatic N) is 1. The van der Waals surface area contributed by atoms with E-state index in [4.69, 9.17) is 27.6 Å². The molecule has 2 aromatic rings. The molecule has 2 aromatic carbocycles. The lowest BCUT2D eigenvalue weighted by molar-refractivity contribution is 0.0696. The smallest absolute Gasteiger partial charge is 0.337 e. The maximum absolute atomic E-state index is 12.4. The van der Waals surface area contributed by atoms with E-state index in [1.807, 2.05) is 32.0 Å². The highest BCUT2D eigenvalue weighted by molar-refractivity contribution is 6.41. The number of benzene rings is 3. The van der Waals surface area contributed by atoms with Gasteiger partial charge in [-0.05, 0) is 43.2 Å². The summed E-state index contributed by atoms with van der Waals surface area (Å²) in [6, 6.07) is 8.48. The number of anilines is 1. The van der Waals surface area contributed by atoms with Crippen LogP contribution < -0.4 is 10.7 Å². The van der Waals surface area contributed by atoms with Crippen molar-refractivity contribution in [3.05, 3.63) is 68.0 Å². The number of nitrogens with one attached hydrogen (secondary N) is 1. The molecule has 1 aliphatic heterocycles. The molecule has 0 unspecified atom stereocenters. The monoisotopic (exact) mass is 498 g/mol. The number of rotatable bonds is 4. The van der Waals surface area contributed by atoms with Crippen molar-refractivity contribution >= 4 is 51.8 Å². The van der Waals surface area contributed by atoms with Crippen molar-refractivity contribution in [1.29, 1.82) is 0 Å². The standard InChI is InChI=1S/C25H20Cl2N2O5/c1-10-5-12-18(8-16(10)28-3)34-19-9-17(29-4)11(2)6-13(19)20(12)21-15(26)7-14(24(30)31)23(27)22(21)25(32)33/h5-9,28H,1-4H3,(H,30,31)(H,32,33). The van der Waals surface area contributed by atoms with Crippen LogP contribution >= 0.6 is 23.2 Å². The van der Waals surface area contributed by atoms with Gasteiger partial charge in [-0.25, -0.2) is 9.59 Å². The highest BCUT2D eigenvalue weighted by atomic mass is 35.5. The van der Waals surface area contributed by atoms with Gasteiger partial charge in [0.2, 0.25) is 0 Å². The summed E-state index contributed by atoms with van der Waals surface area (Å²) in [4.78, 5) is 28.3. The van der Waals surface area contributed by atoms with Gasteiger partial charge in [-0.1, -0.05) is 23.2 Å². The average Bonchev–Trinajstić information content (AvgIpc) is 2.78. The predicted molar refractivity (Wildman–Crippen MR) is 133 cm³/mol. The quantitative estimate of drug-likeness (QED) is 0.293. The fourth-order valence-corrected chi connectivity index (χ4v) is 4.80. The number of carboxylic acids is 2. The Bertz CT molecular complexity index is 1560. The topological polar surface area (TPSA) is 112 Å². The van der Waals surface area contributed by atoms with Gasteiger partial charge in [-0.15, -0.1) is 0 Å². The molecule has 1 aliphatic carbocycles. The molecular formula is C25H20Cl2N2O5. The number of aryl methyl sites for hydroxylation is 2. The van der Waals surface area contributed by atoms with Crippen LogP contribution in [-0.2, 0) is 0 Å². The Morgan fingerprint density at radius 2 is 1.68 bits per heavy atom. The molecule has 9 heteroatoms. The van der Waals surface area contributed by atoms with Crippen molar-refractivity contribution in [2.75, 3.05) is 19.4 Å². The maximum atomic E-state index is 12.4. The van der Waals surface area contributed by atoms with Crippen LogP contribution in [0, 0.1) is 13.8 Å². The first-order valence-electron chi connectivity index (χ1n) is 10.2. The fourth-order valence-electron chi connectivity index (χ4n) is 4.20. The lowest BCUT2D eigenvalue weighted by Crippen LogP contribution is -2.10. The van der Waals surface area contributed by atoms with E-state index in [2.05, 4.69) is 10.3 Å². The molecule has 34 heavy (non-hydrogen) atoms. The van der Waals surface area contributed by atoms with Crippen molar-refractivity contribution in [2.24, 2.45) is 4.99 Å². The molecule has 0 amide bonds. The lowest BCUT2D eigenvalue weighted by atomic mass is 9.88. The van der Waals surface area contributed by atoms with E-state index in [9.17, 15) is 19.8 Å². The third-order valence-corrected chi connectivity index (χ3v) is 6.49. The van der Waals surface area contributed by atoms with Crippen molar-refractivity contribution in [3.8, 4) is 22.5 Å². The van der Waals surface area contributed by atoms with Crippen LogP contribution in [0.1, 0.15) is 31.8 Å². The summed E-state index contributed by atoms with van der Waals surface area (Å²) < 4.78 is 6.22. The van der Waals surface area contributed by atoms with Crippen molar-refractivity contribution in [2.45, 2.75) is 13.8 Å². The lowest BCUT2D eigenvalue weighted by Gasteiger charge is -2.21. The number of carbonyl (C=O) groups is 2. The van der Waals surface area contributed by atoms with E-state index >= 15 is 0 Å². The van der Waals surface area contributed by atoms with E-state index in [0.29, 0.717) is 33.2 Å². The van der Waals surface area contributed by atoms with Gasteiger partial charge in [0.05, 0.1) is 26.5 Å². The molecule has 0 bridgehead atoms. The third-order valence-electron chi connectivity index (χ3n) is 5.80. The number of fused-ring (bicyclic) bond motifs is 2. The average molecular weight is 499 g/mol. The Hall–Kier alpha value is -3.55. The van der Waals surface area contributed by atoms with Crippen LogP contribution in [0.15, 0.2) is 39.7 Å². The molecule has 1 heterocycles. The molecule has 0 saturated heterocycles. The van der Waals surface area contributed by atoms with Crippen molar-refractivity contribution in [1.82, 2.24) is 0 Å². The number of hydrogen-bond acceptors (Lipinski definition) is 5. The fraction of sp³-hybridized carbons (Fsp3) is 0.160. The number of hydrogen-bond donors (Lipinski definition) is 3. The van der Waals surface area contributed by atoms with Gasteiger partial charge in [0.15, 0.2) is 0 Å². The van der Waals surface area contributed by atoms with Gasteiger partial charge < -0.3 is 19.9 Å². The minimum absolute atomic E-state index is 0.0507.